The maximum Gasteiger partial charge on any atom is 0.0410 e. The predicted octanol–water partition coefficient (Wildman–Crippen LogP) is 5.01. The first-order chi connectivity index (χ1) is 9.70. The molecule has 3 rings (SSSR count). The second kappa shape index (κ2) is 6.04. The summed E-state index contributed by atoms with van der Waals surface area (Å²) in [7, 11) is 2.04. The van der Waals surface area contributed by atoms with Crippen LogP contribution in [-0.2, 0) is 0 Å². The number of nitrogens with one attached hydrogen (secondary N) is 1. The molecule has 0 bridgehead atoms. The SMILES string of the molecule is CNC(c1cc(Cl)ccc1I)C1CC1c1ccccc1. The van der Waals surface area contributed by atoms with E-state index in [0.29, 0.717) is 17.9 Å². The van der Waals surface area contributed by atoms with Gasteiger partial charge in [0.25, 0.3) is 0 Å². The number of rotatable bonds is 4. The lowest BCUT2D eigenvalue weighted by Gasteiger charge is -2.19. The summed E-state index contributed by atoms with van der Waals surface area (Å²) in [6, 6.07) is 17.3. The monoisotopic (exact) mass is 397 g/mol. The lowest BCUT2D eigenvalue weighted by atomic mass is 9.99. The maximum atomic E-state index is 6.17. The molecule has 3 unspecified atom stereocenters. The van der Waals surface area contributed by atoms with Gasteiger partial charge < -0.3 is 5.32 Å². The third kappa shape index (κ3) is 2.87. The molecule has 1 aliphatic carbocycles. The number of halogens is 2. The molecule has 0 aliphatic heterocycles. The molecule has 2 aromatic carbocycles. The van der Waals surface area contributed by atoms with Crippen LogP contribution >= 0.6 is 34.2 Å². The van der Waals surface area contributed by atoms with E-state index in [1.807, 2.05) is 13.1 Å². The van der Waals surface area contributed by atoms with Crippen molar-refractivity contribution in [3.63, 3.8) is 0 Å². The highest BCUT2D eigenvalue weighted by atomic mass is 127. The van der Waals surface area contributed by atoms with E-state index in [1.54, 1.807) is 0 Å². The van der Waals surface area contributed by atoms with E-state index in [-0.39, 0.29) is 0 Å². The zero-order chi connectivity index (χ0) is 14.1. The molecule has 2 aromatic rings. The average molecular weight is 398 g/mol. The Labute approximate surface area is 138 Å². The second-order valence-electron chi connectivity index (χ2n) is 5.35. The summed E-state index contributed by atoms with van der Waals surface area (Å²) >= 11 is 8.57. The van der Waals surface area contributed by atoms with Crippen molar-refractivity contribution in [2.45, 2.75) is 18.4 Å². The highest BCUT2D eigenvalue weighted by Gasteiger charge is 2.44. The van der Waals surface area contributed by atoms with Crippen LogP contribution in [0.1, 0.15) is 29.5 Å². The van der Waals surface area contributed by atoms with Gasteiger partial charge in [-0.25, -0.2) is 0 Å². The van der Waals surface area contributed by atoms with Crippen molar-refractivity contribution < 1.29 is 0 Å². The van der Waals surface area contributed by atoms with E-state index < -0.39 is 0 Å². The van der Waals surface area contributed by atoms with Crippen LogP contribution in [0.25, 0.3) is 0 Å². The molecule has 0 heterocycles. The van der Waals surface area contributed by atoms with Gasteiger partial charge in [0.2, 0.25) is 0 Å². The van der Waals surface area contributed by atoms with E-state index in [0.717, 1.165) is 5.02 Å². The fraction of sp³-hybridized carbons (Fsp3) is 0.294. The van der Waals surface area contributed by atoms with Gasteiger partial charge in [0.15, 0.2) is 0 Å². The standard InChI is InChI=1S/C17H17ClIN/c1-20-17(15-9-12(18)7-8-16(15)19)14-10-13(14)11-5-3-2-4-6-11/h2-9,13-14,17,20H,10H2,1H3. The highest BCUT2D eigenvalue weighted by Crippen LogP contribution is 2.54. The van der Waals surface area contributed by atoms with Crippen molar-refractivity contribution in [1.29, 1.82) is 0 Å². The molecule has 1 N–H and O–H groups in total. The van der Waals surface area contributed by atoms with Gasteiger partial charge >= 0.3 is 0 Å². The molecule has 20 heavy (non-hydrogen) atoms. The molecule has 104 valence electrons. The Morgan fingerprint density at radius 1 is 1.20 bits per heavy atom. The Kier molecular flexibility index (Phi) is 4.34. The Hall–Kier alpha value is -0.580. The van der Waals surface area contributed by atoms with Crippen LogP contribution in [0.4, 0.5) is 0 Å². The summed E-state index contributed by atoms with van der Waals surface area (Å²) in [5, 5.41) is 4.30. The van der Waals surface area contributed by atoms with Crippen molar-refractivity contribution >= 4 is 34.2 Å². The first kappa shape index (κ1) is 14.4. The molecular formula is C17H17ClIN. The number of benzene rings is 2. The van der Waals surface area contributed by atoms with E-state index in [1.165, 1.54) is 21.1 Å². The first-order valence-electron chi connectivity index (χ1n) is 6.88. The largest absolute Gasteiger partial charge is 0.313 e. The summed E-state index contributed by atoms with van der Waals surface area (Å²) in [4.78, 5) is 0. The van der Waals surface area contributed by atoms with Crippen LogP contribution in [0.2, 0.25) is 5.02 Å². The molecule has 0 saturated heterocycles. The van der Waals surface area contributed by atoms with Gasteiger partial charge in [-0.3, -0.25) is 0 Å². The maximum absolute atomic E-state index is 6.17. The molecule has 0 aromatic heterocycles. The Bertz CT molecular complexity index is 599. The fourth-order valence-electron chi connectivity index (χ4n) is 3.02. The topological polar surface area (TPSA) is 12.0 Å². The van der Waals surface area contributed by atoms with E-state index in [4.69, 9.17) is 11.6 Å². The smallest absolute Gasteiger partial charge is 0.0410 e. The fourth-order valence-corrected chi connectivity index (χ4v) is 3.87. The summed E-state index contributed by atoms with van der Waals surface area (Å²) in [5.41, 5.74) is 2.78. The molecule has 1 fully saturated rings. The van der Waals surface area contributed by atoms with Gasteiger partial charge in [0.05, 0.1) is 0 Å². The first-order valence-corrected chi connectivity index (χ1v) is 8.33. The molecule has 3 atom stereocenters. The third-order valence-electron chi connectivity index (χ3n) is 4.10. The second-order valence-corrected chi connectivity index (χ2v) is 6.95. The van der Waals surface area contributed by atoms with Crippen molar-refractivity contribution in [2.24, 2.45) is 5.92 Å². The minimum Gasteiger partial charge on any atom is -0.313 e. The highest BCUT2D eigenvalue weighted by molar-refractivity contribution is 14.1. The lowest BCUT2D eigenvalue weighted by Crippen LogP contribution is -2.20. The van der Waals surface area contributed by atoms with Gasteiger partial charge in [-0.15, -0.1) is 0 Å². The molecular weight excluding hydrogens is 381 g/mol. The van der Waals surface area contributed by atoms with Gasteiger partial charge in [-0.1, -0.05) is 41.9 Å². The third-order valence-corrected chi connectivity index (χ3v) is 5.32. The minimum atomic E-state index is 0.380. The van der Waals surface area contributed by atoms with Crippen molar-refractivity contribution in [3.05, 3.63) is 68.3 Å². The summed E-state index contributed by atoms with van der Waals surface area (Å²) in [5.74, 6) is 1.33. The van der Waals surface area contributed by atoms with Crippen LogP contribution < -0.4 is 5.32 Å². The van der Waals surface area contributed by atoms with Crippen LogP contribution in [0, 0.1) is 9.49 Å². The molecule has 1 aliphatic rings. The predicted molar refractivity (Wildman–Crippen MR) is 93.3 cm³/mol. The normalized spacial score (nSPS) is 22.6. The van der Waals surface area contributed by atoms with Crippen LogP contribution in [0.5, 0.6) is 0 Å². The van der Waals surface area contributed by atoms with Gasteiger partial charge in [0.1, 0.15) is 0 Å². The van der Waals surface area contributed by atoms with Crippen LogP contribution in [-0.4, -0.2) is 7.05 Å². The lowest BCUT2D eigenvalue weighted by molar-refractivity contribution is 0.516. The minimum absolute atomic E-state index is 0.380. The molecule has 0 radical (unpaired) electrons. The van der Waals surface area contributed by atoms with Crippen molar-refractivity contribution in [3.8, 4) is 0 Å². The van der Waals surface area contributed by atoms with Crippen LogP contribution in [0.15, 0.2) is 48.5 Å². The summed E-state index contributed by atoms with van der Waals surface area (Å²) in [6.45, 7) is 0. The quantitative estimate of drug-likeness (QED) is 0.715. The van der Waals surface area contributed by atoms with E-state index in [2.05, 4.69) is 70.4 Å². The van der Waals surface area contributed by atoms with Gasteiger partial charge in [-0.2, -0.15) is 0 Å². The van der Waals surface area contributed by atoms with E-state index >= 15 is 0 Å². The Morgan fingerprint density at radius 2 is 1.95 bits per heavy atom. The number of hydrogen-bond donors (Lipinski definition) is 1. The Balaban J connectivity index is 1.84. The van der Waals surface area contributed by atoms with Crippen LogP contribution in [0.3, 0.4) is 0 Å². The molecule has 3 heteroatoms. The molecule has 0 spiro atoms. The Morgan fingerprint density at radius 3 is 2.65 bits per heavy atom. The average Bonchev–Trinajstić information content (AvgIpc) is 3.25. The molecule has 0 amide bonds. The summed E-state index contributed by atoms with van der Waals surface area (Å²) < 4.78 is 1.28. The molecule has 1 saturated carbocycles. The van der Waals surface area contributed by atoms with E-state index in [9.17, 15) is 0 Å². The number of hydrogen-bond acceptors (Lipinski definition) is 1. The van der Waals surface area contributed by atoms with Gasteiger partial charge in [0, 0.05) is 14.6 Å². The zero-order valence-corrected chi connectivity index (χ0v) is 14.2. The summed E-state index contributed by atoms with van der Waals surface area (Å²) in [6.07, 6.45) is 1.25. The van der Waals surface area contributed by atoms with Crippen molar-refractivity contribution in [1.82, 2.24) is 5.32 Å². The van der Waals surface area contributed by atoms with Crippen molar-refractivity contribution in [2.75, 3.05) is 7.05 Å². The molecule has 1 nitrogen and oxygen atoms in total. The zero-order valence-electron chi connectivity index (χ0n) is 11.3. The van der Waals surface area contributed by atoms with Gasteiger partial charge in [-0.05, 0) is 77.2 Å².